The second kappa shape index (κ2) is 12.5. The van der Waals surface area contributed by atoms with Crippen molar-refractivity contribution < 1.29 is 14.0 Å². The van der Waals surface area contributed by atoms with Crippen molar-refractivity contribution in [2.24, 2.45) is 0 Å². The molecule has 0 bridgehead atoms. The predicted octanol–water partition coefficient (Wildman–Crippen LogP) is 7.05. The first-order chi connectivity index (χ1) is 19.2. The van der Waals surface area contributed by atoms with Gasteiger partial charge in [-0.05, 0) is 108 Å². The molecule has 0 aromatic heterocycles. The van der Waals surface area contributed by atoms with E-state index in [-0.39, 0.29) is 29.7 Å². The maximum atomic E-state index is 13.8. The fraction of sp³-hybridized carbons (Fsp3) is 0.394. The number of rotatable bonds is 9. The monoisotopic (exact) mass is 544 g/mol. The summed E-state index contributed by atoms with van der Waals surface area (Å²) in [6.45, 7) is 15.6. The van der Waals surface area contributed by atoms with E-state index in [1.807, 2.05) is 36.1 Å². The minimum Gasteiger partial charge on any atom is -0.372 e. The van der Waals surface area contributed by atoms with Crippen molar-refractivity contribution in [2.45, 2.75) is 60.0 Å². The van der Waals surface area contributed by atoms with Crippen molar-refractivity contribution in [3.63, 3.8) is 0 Å². The Hall–Kier alpha value is -3.87. The van der Waals surface area contributed by atoms with Gasteiger partial charge in [0.25, 0.3) is 5.91 Å². The number of carbonyl (C=O) groups excluding carboxylic acids is 2. The molecule has 7 heteroatoms. The summed E-state index contributed by atoms with van der Waals surface area (Å²) in [7, 11) is 0. The van der Waals surface area contributed by atoms with E-state index >= 15 is 0 Å². The minimum absolute atomic E-state index is 0.0507. The van der Waals surface area contributed by atoms with Crippen molar-refractivity contribution in [1.29, 1.82) is 0 Å². The Kier molecular flexibility index (Phi) is 9.13. The molecule has 4 rings (SSSR count). The first-order valence-corrected chi connectivity index (χ1v) is 14.4. The summed E-state index contributed by atoms with van der Waals surface area (Å²) in [5.74, 6) is -0.609. The van der Waals surface area contributed by atoms with Crippen molar-refractivity contribution in [1.82, 2.24) is 0 Å². The van der Waals surface area contributed by atoms with Gasteiger partial charge in [-0.15, -0.1) is 0 Å². The highest BCUT2D eigenvalue weighted by atomic mass is 19.1. The van der Waals surface area contributed by atoms with Gasteiger partial charge in [0.05, 0.1) is 6.04 Å². The van der Waals surface area contributed by atoms with Gasteiger partial charge in [0.2, 0.25) is 5.91 Å². The zero-order chi connectivity index (χ0) is 29.0. The van der Waals surface area contributed by atoms with Gasteiger partial charge in [0, 0.05) is 73.0 Å². The lowest BCUT2D eigenvalue weighted by molar-refractivity contribution is -0.117. The number of carbonyl (C=O) groups is 2. The van der Waals surface area contributed by atoms with Crippen LogP contribution in [0.2, 0.25) is 0 Å². The van der Waals surface area contributed by atoms with E-state index in [9.17, 15) is 14.0 Å². The summed E-state index contributed by atoms with van der Waals surface area (Å²) in [5, 5.41) is 0. The van der Waals surface area contributed by atoms with Crippen LogP contribution in [0.4, 0.5) is 27.1 Å². The normalized spacial score (nSPS) is 16.3. The van der Waals surface area contributed by atoms with Crippen LogP contribution >= 0.6 is 0 Å². The molecule has 40 heavy (non-hydrogen) atoms. The second-order valence-corrected chi connectivity index (χ2v) is 10.3. The van der Waals surface area contributed by atoms with E-state index in [1.54, 1.807) is 11.8 Å². The number of amides is 2. The van der Waals surface area contributed by atoms with Crippen molar-refractivity contribution >= 4 is 34.6 Å². The van der Waals surface area contributed by atoms with E-state index in [4.69, 9.17) is 0 Å². The first kappa shape index (κ1) is 29.1. The molecular weight excluding hydrogens is 503 g/mol. The molecule has 2 amide bonds. The number of halogens is 1. The molecule has 0 radical (unpaired) electrons. The van der Waals surface area contributed by atoms with Crippen LogP contribution in [0.25, 0.3) is 0 Å². The average molecular weight is 545 g/mol. The molecule has 0 fully saturated rings. The molecule has 6 nitrogen and oxygen atoms in total. The summed E-state index contributed by atoms with van der Waals surface area (Å²) in [6, 6.07) is 19.6. The van der Waals surface area contributed by atoms with E-state index in [0.717, 1.165) is 54.5 Å². The van der Waals surface area contributed by atoms with Gasteiger partial charge in [0.1, 0.15) is 5.82 Å². The summed E-state index contributed by atoms with van der Waals surface area (Å²) < 4.78 is 13.6. The maximum absolute atomic E-state index is 13.8. The Balaban J connectivity index is 1.82. The molecule has 0 saturated carbocycles. The molecule has 3 aromatic carbocycles. The van der Waals surface area contributed by atoms with Gasteiger partial charge in [-0.1, -0.05) is 0 Å². The molecule has 0 spiro atoms. The summed E-state index contributed by atoms with van der Waals surface area (Å²) >= 11 is 0. The number of hydrogen-bond acceptors (Lipinski definition) is 4. The van der Waals surface area contributed by atoms with E-state index in [0.29, 0.717) is 12.0 Å². The first-order valence-electron chi connectivity index (χ1n) is 14.4. The van der Waals surface area contributed by atoms with Crippen LogP contribution in [0.15, 0.2) is 66.7 Å². The fourth-order valence-corrected chi connectivity index (χ4v) is 5.89. The van der Waals surface area contributed by atoms with Gasteiger partial charge in [-0.25, -0.2) is 4.39 Å². The molecular formula is C33H41FN4O2. The Labute approximate surface area is 238 Å². The summed E-state index contributed by atoms with van der Waals surface area (Å²) in [4.78, 5) is 35.2. The second-order valence-electron chi connectivity index (χ2n) is 10.3. The molecule has 0 saturated heterocycles. The topological polar surface area (TPSA) is 47.1 Å². The fourth-order valence-electron chi connectivity index (χ4n) is 5.89. The van der Waals surface area contributed by atoms with Crippen LogP contribution in [0, 0.1) is 5.82 Å². The van der Waals surface area contributed by atoms with Gasteiger partial charge < -0.3 is 19.6 Å². The highest BCUT2D eigenvalue weighted by molar-refractivity contribution is 6.07. The molecule has 212 valence electrons. The zero-order valence-electron chi connectivity index (χ0n) is 24.5. The third-order valence-corrected chi connectivity index (χ3v) is 7.98. The largest absolute Gasteiger partial charge is 0.372 e. The van der Waals surface area contributed by atoms with Crippen LogP contribution in [0.1, 0.15) is 69.9 Å². The number of nitrogens with zero attached hydrogens (tertiary/aromatic N) is 4. The lowest BCUT2D eigenvalue weighted by atomic mass is 9.88. The van der Waals surface area contributed by atoms with Gasteiger partial charge in [-0.3, -0.25) is 9.59 Å². The lowest BCUT2D eigenvalue weighted by Gasteiger charge is -2.44. The Bertz CT molecular complexity index is 1320. The van der Waals surface area contributed by atoms with E-state index < -0.39 is 0 Å². The Morgan fingerprint density at radius 2 is 1.32 bits per heavy atom. The molecule has 1 aliphatic heterocycles. The van der Waals surface area contributed by atoms with Crippen molar-refractivity contribution in [2.75, 3.05) is 45.8 Å². The van der Waals surface area contributed by atoms with Crippen LogP contribution in [-0.2, 0) is 4.79 Å². The molecule has 2 unspecified atom stereocenters. The van der Waals surface area contributed by atoms with Crippen molar-refractivity contribution in [3.8, 4) is 0 Å². The van der Waals surface area contributed by atoms with Crippen LogP contribution in [0.5, 0.6) is 0 Å². The maximum Gasteiger partial charge on any atom is 0.258 e. The molecule has 1 aliphatic rings. The van der Waals surface area contributed by atoms with Gasteiger partial charge in [0.15, 0.2) is 0 Å². The van der Waals surface area contributed by atoms with Crippen molar-refractivity contribution in [3.05, 3.63) is 83.7 Å². The number of anilines is 4. The standard InChI is InChI=1S/C33H41FN4O2/c1-7-35(8-2)27-15-17-28(18-16-27)38(24(6)39)32-21-23(5)37(33(40)25-11-13-26(34)14-12-25)31-20-19-29(22-30(31)32)36(9-3)10-4/h11-20,22-23,32H,7-10,21H2,1-6H3. The van der Waals surface area contributed by atoms with Crippen LogP contribution in [-0.4, -0.2) is 44.0 Å². The molecule has 0 N–H and O–H groups in total. The van der Waals surface area contributed by atoms with E-state index in [2.05, 4.69) is 55.7 Å². The molecule has 1 heterocycles. The number of benzene rings is 3. The average Bonchev–Trinajstić information content (AvgIpc) is 2.95. The molecule has 0 aliphatic carbocycles. The van der Waals surface area contributed by atoms with Crippen LogP contribution in [0.3, 0.4) is 0 Å². The number of hydrogen-bond donors (Lipinski definition) is 0. The third kappa shape index (κ3) is 5.69. The Morgan fingerprint density at radius 1 is 0.800 bits per heavy atom. The highest BCUT2D eigenvalue weighted by Gasteiger charge is 2.38. The van der Waals surface area contributed by atoms with Gasteiger partial charge in [-0.2, -0.15) is 0 Å². The van der Waals surface area contributed by atoms with E-state index in [1.165, 1.54) is 24.3 Å². The number of fused-ring (bicyclic) bond motifs is 1. The third-order valence-electron chi connectivity index (χ3n) is 7.98. The predicted molar refractivity (Wildman–Crippen MR) is 163 cm³/mol. The summed E-state index contributed by atoms with van der Waals surface area (Å²) in [6.07, 6.45) is 0.568. The SMILES string of the molecule is CCN(CC)c1ccc(N(C(C)=O)C2CC(C)N(C(=O)c3ccc(F)cc3)c3ccc(N(CC)CC)cc32)cc1. The zero-order valence-corrected chi connectivity index (χ0v) is 24.5. The quantitative estimate of drug-likeness (QED) is 0.290. The Morgan fingerprint density at radius 3 is 1.88 bits per heavy atom. The smallest absolute Gasteiger partial charge is 0.258 e. The highest BCUT2D eigenvalue weighted by Crippen LogP contribution is 2.44. The minimum atomic E-state index is -0.378. The van der Waals surface area contributed by atoms with Gasteiger partial charge >= 0.3 is 0 Å². The lowest BCUT2D eigenvalue weighted by Crippen LogP contribution is -2.47. The van der Waals surface area contributed by atoms with Crippen LogP contribution < -0.4 is 19.6 Å². The molecule has 2 atom stereocenters. The summed E-state index contributed by atoms with van der Waals surface area (Å²) in [5.41, 5.74) is 5.15. The molecule has 3 aromatic rings.